The summed E-state index contributed by atoms with van der Waals surface area (Å²) in [5.41, 5.74) is 4.85. The second-order valence-corrected chi connectivity index (χ2v) is 5.76. The molecule has 0 radical (unpaired) electrons. The summed E-state index contributed by atoms with van der Waals surface area (Å²) in [5, 5.41) is 2.42. The summed E-state index contributed by atoms with van der Waals surface area (Å²) in [5.74, 6) is 0. The van der Waals surface area contributed by atoms with Gasteiger partial charge in [0.25, 0.3) is 0 Å². The van der Waals surface area contributed by atoms with Crippen molar-refractivity contribution < 1.29 is 0 Å². The third kappa shape index (κ3) is 2.93. The number of piperidine rings is 1. The van der Waals surface area contributed by atoms with Gasteiger partial charge >= 0.3 is 0 Å². The lowest BCUT2D eigenvalue weighted by Crippen LogP contribution is -2.51. The minimum Gasteiger partial charge on any atom is -0.331 e. The van der Waals surface area contributed by atoms with Crippen LogP contribution < -0.4 is 5.43 Å². The molecular formula is C14H26N4. The predicted molar refractivity (Wildman–Crippen MR) is 74.1 cm³/mol. The largest absolute Gasteiger partial charge is 0.331 e. The fraction of sp³-hybridized carbons (Fsp3) is 0.786. The fourth-order valence-corrected chi connectivity index (χ4v) is 2.84. The average Bonchev–Trinajstić information content (AvgIpc) is 2.76. The second kappa shape index (κ2) is 5.85. The van der Waals surface area contributed by atoms with E-state index in [1.807, 2.05) is 12.5 Å². The van der Waals surface area contributed by atoms with Gasteiger partial charge in [0.2, 0.25) is 0 Å². The molecule has 1 aliphatic rings. The SMILES string of the molecule is CC1CCCC(C)N1NCc1cncn1C(C)C. The normalized spacial score (nSPS) is 25.8. The van der Waals surface area contributed by atoms with Gasteiger partial charge < -0.3 is 4.57 Å². The van der Waals surface area contributed by atoms with E-state index < -0.39 is 0 Å². The molecule has 1 saturated heterocycles. The Morgan fingerprint density at radius 2 is 2.00 bits per heavy atom. The number of nitrogens with one attached hydrogen (secondary N) is 1. The maximum Gasteiger partial charge on any atom is 0.0951 e. The van der Waals surface area contributed by atoms with Crippen LogP contribution >= 0.6 is 0 Å². The van der Waals surface area contributed by atoms with Crippen molar-refractivity contribution in [3.63, 3.8) is 0 Å². The van der Waals surface area contributed by atoms with E-state index in [-0.39, 0.29) is 0 Å². The maximum absolute atomic E-state index is 4.25. The first-order valence-corrected chi connectivity index (χ1v) is 7.12. The second-order valence-electron chi connectivity index (χ2n) is 5.76. The first-order valence-electron chi connectivity index (χ1n) is 7.12. The van der Waals surface area contributed by atoms with Crippen molar-refractivity contribution >= 4 is 0 Å². The van der Waals surface area contributed by atoms with E-state index in [0.717, 1.165) is 6.54 Å². The average molecular weight is 250 g/mol. The summed E-state index contributed by atoms with van der Waals surface area (Å²) in [6.07, 6.45) is 7.82. The Labute approximate surface area is 110 Å². The Hall–Kier alpha value is -0.870. The molecule has 2 atom stereocenters. The zero-order valence-corrected chi connectivity index (χ0v) is 12.1. The van der Waals surface area contributed by atoms with Gasteiger partial charge in [-0.15, -0.1) is 0 Å². The fourth-order valence-electron chi connectivity index (χ4n) is 2.84. The summed E-state index contributed by atoms with van der Waals surface area (Å²) in [6.45, 7) is 9.87. The number of hydrogen-bond donors (Lipinski definition) is 1. The van der Waals surface area contributed by atoms with Crippen LogP contribution in [0.3, 0.4) is 0 Å². The molecule has 1 fully saturated rings. The standard InChI is InChI=1S/C14H26N4/c1-11(2)17-10-15-8-14(17)9-16-18-12(3)6-5-7-13(18)4/h8,10-13,16H,5-7,9H2,1-4H3. The molecular weight excluding hydrogens is 224 g/mol. The van der Waals surface area contributed by atoms with Crippen molar-refractivity contribution in [2.45, 2.75) is 71.6 Å². The van der Waals surface area contributed by atoms with Crippen LogP contribution in [0, 0.1) is 0 Å². The smallest absolute Gasteiger partial charge is 0.0951 e. The van der Waals surface area contributed by atoms with E-state index in [9.17, 15) is 0 Å². The van der Waals surface area contributed by atoms with Crippen LogP contribution in [-0.4, -0.2) is 26.6 Å². The van der Waals surface area contributed by atoms with Crippen molar-refractivity contribution in [2.24, 2.45) is 0 Å². The molecule has 4 nitrogen and oxygen atoms in total. The topological polar surface area (TPSA) is 33.1 Å². The van der Waals surface area contributed by atoms with E-state index >= 15 is 0 Å². The lowest BCUT2D eigenvalue weighted by molar-refractivity contribution is 0.0426. The summed E-state index contributed by atoms with van der Waals surface area (Å²) >= 11 is 0. The Morgan fingerprint density at radius 3 is 2.61 bits per heavy atom. The predicted octanol–water partition coefficient (Wildman–Crippen LogP) is 2.73. The van der Waals surface area contributed by atoms with E-state index in [1.165, 1.54) is 25.0 Å². The first kappa shape index (κ1) is 13.6. The van der Waals surface area contributed by atoms with Gasteiger partial charge in [-0.2, -0.15) is 0 Å². The van der Waals surface area contributed by atoms with E-state index in [4.69, 9.17) is 0 Å². The van der Waals surface area contributed by atoms with Gasteiger partial charge in [-0.1, -0.05) is 6.42 Å². The molecule has 1 N–H and O–H groups in total. The number of nitrogens with zero attached hydrogens (tertiary/aromatic N) is 3. The van der Waals surface area contributed by atoms with Crippen molar-refractivity contribution in [2.75, 3.05) is 0 Å². The van der Waals surface area contributed by atoms with E-state index in [0.29, 0.717) is 18.1 Å². The third-order valence-electron chi connectivity index (χ3n) is 3.94. The number of hydrogen-bond acceptors (Lipinski definition) is 3. The monoisotopic (exact) mass is 250 g/mol. The number of hydrazine groups is 1. The van der Waals surface area contributed by atoms with Crippen LogP contribution in [0.2, 0.25) is 0 Å². The Bertz CT molecular complexity index is 362. The van der Waals surface area contributed by atoms with Crippen LogP contribution in [0.5, 0.6) is 0 Å². The highest BCUT2D eigenvalue weighted by Crippen LogP contribution is 2.20. The molecule has 4 heteroatoms. The minimum absolute atomic E-state index is 0.473. The number of rotatable bonds is 4. The highest BCUT2D eigenvalue weighted by atomic mass is 15.5. The Morgan fingerprint density at radius 1 is 1.33 bits per heavy atom. The van der Waals surface area contributed by atoms with E-state index in [2.05, 4.69) is 47.7 Å². The van der Waals surface area contributed by atoms with Gasteiger partial charge in [-0.25, -0.2) is 15.4 Å². The maximum atomic E-state index is 4.25. The quantitative estimate of drug-likeness (QED) is 0.892. The molecule has 1 aromatic rings. The molecule has 0 spiro atoms. The molecule has 0 aromatic carbocycles. The van der Waals surface area contributed by atoms with Crippen molar-refractivity contribution in [3.8, 4) is 0 Å². The first-order chi connectivity index (χ1) is 8.59. The van der Waals surface area contributed by atoms with Gasteiger partial charge in [0, 0.05) is 24.3 Å². The van der Waals surface area contributed by atoms with Crippen LogP contribution in [0.25, 0.3) is 0 Å². The lowest BCUT2D eigenvalue weighted by atomic mass is 10.00. The molecule has 0 saturated carbocycles. The van der Waals surface area contributed by atoms with Gasteiger partial charge in [0.05, 0.1) is 18.6 Å². The summed E-state index contributed by atoms with van der Waals surface area (Å²) in [4.78, 5) is 4.25. The summed E-state index contributed by atoms with van der Waals surface area (Å²) < 4.78 is 2.23. The molecule has 102 valence electrons. The highest BCUT2D eigenvalue weighted by Gasteiger charge is 2.24. The molecule has 1 aliphatic heterocycles. The molecule has 0 amide bonds. The van der Waals surface area contributed by atoms with Gasteiger partial charge in [-0.3, -0.25) is 0 Å². The molecule has 0 aliphatic carbocycles. The highest BCUT2D eigenvalue weighted by molar-refractivity contribution is 4.99. The van der Waals surface area contributed by atoms with Crippen molar-refractivity contribution in [1.82, 2.24) is 20.0 Å². The number of aromatic nitrogens is 2. The van der Waals surface area contributed by atoms with E-state index in [1.54, 1.807) is 0 Å². The molecule has 0 bridgehead atoms. The van der Waals surface area contributed by atoms with Crippen LogP contribution in [0.15, 0.2) is 12.5 Å². The summed E-state index contributed by atoms with van der Waals surface area (Å²) in [7, 11) is 0. The van der Waals surface area contributed by atoms with Crippen LogP contribution in [0.4, 0.5) is 0 Å². The number of imidazole rings is 1. The van der Waals surface area contributed by atoms with Gasteiger partial charge in [-0.05, 0) is 40.5 Å². The minimum atomic E-state index is 0.473. The summed E-state index contributed by atoms with van der Waals surface area (Å²) in [6, 6.07) is 1.73. The molecule has 1 aromatic heterocycles. The van der Waals surface area contributed by atoms with Crippen LogP contribution in [0.1, 0.15) is 58.7 Å². The third-order valence-corrected chi connectivity index (χ3v) is 3.94. The van der Waals surface area contributed by atoms with Gasteiger partial charge in [0.1, 0.15) is 0 Å². The molecule has 2 rings (SSSR count). The molecule has 18 heavy (non-hydrogen) atoms. The van der Waals surface area contributed by atoms with Crippen molar-refractivity contribution in [3.05, 3.63) is 18.2 Å². The molecule has 2 unspecified atom stereocenters. The zero-order chi connectivity index (χ0) is 13.1. The Kier molecular flexibility index (Phi) is 4.40. The van der Waals surface area contributed by atoms with Crippen LogP contribution in [-0.2, 0) is 6.54 Å². The zero-order valence-electron chi connectivity index (χ0n) is 12.1. The molecule has 2 heterocycles. The van der Waals surface area contributed by atoms with Gasteiger partial charge in [0.15, 0.2) is 0 Å². The Balaban J connectivity index is 1.96. The van der Waals surface area contributed by atoms with Crippen molar-refractivity contribution in [1.29, 1.82) is 0 Å². The lowest BCUT2D eigenvalue weighted by Gasteiger charge is -2.39.